The number of hydrogen-bond acceptors (Lipinski definition) is 4. The molecule has 132 valence electrons. The molecule has 0 radical (unpaired) electrons. The number of nitrogens with zero attached hydrogens (tertiary/aromatic N) is 3. The number of carbonyl (C=O) groups excluding carboxylic acids is 1. The highest BCUT2D eigenvalue weighted by molar-refractivity contribution is 5.77. The molecule has 4 rings (SSSR count). The Balaban J connectivity index is 1.54. The predicted octanol–water partition coefficient (Wildman–Crippen LogP) is 1.20. The number of rotatable bonds is 3. The summed E-state index contributed by atoms with van der Waals surface area (Å²) in [7, 11) is 0. The van der Waals surface area contributed by atoms with Gasteiger partial charge in [-0.3, -0.25) is 9.36 Å². The molecule has 0 saturated heterocycles. The summed E-state index contributed by atoms with van der Waals surface area (Å²) in [5.74, 6) is 1.37. The number of benzene rings is 1. The number of carbonyl (C=O) groups is 1. The first kappa shape index (κ1) is 15.9. The molecule has 2 aliphatic rings. The maximum atomic E-state index is 12.6. The molecule has 0 fully saturated rings. The molecule has 2 aromatic rings. The Kier molecular flexibility index (Phi) is 3.86. The van der Waals surface area contributed by atoms with Crippen LogP contribution in [0, 0.1) is 0 Å². The lowest BCUT2D eigenvalue weighted by Gasteiger charge is -2.36. The number of hydrogen-bond donors (Lipinski definition) is 1. The quantitative estimate of drug-likeness (QED) is 0.909. The molecule has 7 nitrogen and oxygen atoms in total. The van der Waals surface area contributed by atoms with Crippen LogP contribution in [0.3, 0.4) is 0 Å². The molecule has 0 spiro atoms. The first-order chi connectivity index (χ1) is 12.1. The van der Waals surface area contributed by atoms with Crippen LogP contribution in [0.5, 0.6) is 5.75 Å². The fourth-order valence-electron chi connectivity index (χ4n) is 3.71. The lowest BCUT2D eigenvalue weighted by molar-refractivity contribution is -0.124. The number of aromatic nitrogens is 3. The minimum Gasteiger partial charge on any atom is -0.493 e. The number of ether oxygens (including phenoxy) is 1. The Morgan fingerprint density at radius 3 is 3.04 bits per heavy atom. The molecule has 0 saturated carbocycles. The summed E-state index contributed by atoms with van der Waals surface area (Å²) in [5.41, 5.74) is 0.267. The molecule has 2 aliphatic heterocycles. The third-order valence-corrected chi connectivity index (χ3v) is 5.08. The number of aryl methyl sites for hydroxylation is 1. The largest absolute Gasteiger partial charge is 0.493 e. The molecule has 1 amide bonds. The summed E-state index contributed by atoms with van der Waals surface area (Å²) < 4.78 is 8.64. The average molecular weight is 342 g/mol. The van der Waals surface area contributed by atoms with Crippen LogP contribution in [0.2, 0.25) is 0 Å². The molecular weight excluding hydrogens is 320 g/mol. The van der Waals surface area contributed by atoms with Gasteiger partial charge in [-0.15, -0.1) is 0 Å². The van der Waals surface area contributed by atoms with Gasteiger partial charge >= 0.3 is 5.69 Å². The normalized spacial score (nSPS) is 21.8. The Hall–Kier alpha value is -2.57. The highest BCUT2D eigenvalue weighted by atomic mass is 16.5. The van der Waals surface area contributed by atoms with E-state index < -0.39 is 5.54 Å². The van der Waals surface area contributed by atoms with Gasteiger partial charge in [0, 0.05) is 24.9 Å². The first-order valence-electron chi connectivity index (χ1n) is 8.77. The first-order valence-corrected chi connectivity index (χ1v) is 8.77. The third kappa shape index (κ3) is 2.83. The van der Waals surface area contributed by atoms with E-state index in [0.717, 1.165) is 36.4 Å². The third-order valence-electron chi connectivity index (χ3n) is 5.08. The Morgan fingerprint density at radius 1 is 1.36 bits per heavy atom. The van der Waals surface area contributed by atoms with Crippen molar-refractivity contribution >= 4 is 5.91 Å². The van der Waals surface area contributed by atoms with Crippen molar-refractivity contribution in [2.75, 3.05) is 6.61 Å². The van der Waals surface area contributed by atoms with E-state index in [-0.39, 0.29) is 18.1 Å². The van der Waals surface area contributed by atoms with Gasteiger partial charge in [-0.2, -0.15) is 5.10 Å². The number of para-hydroxylation sites is 1. The fraction of sp³-hybridized carbons (Fsp3) is 0.500. The van der Waals surface area contributed by atoms with E-state index in [9.17, 15) is 9.59 Å². The van der Waals surface area contributed by atoms with Gasteiger partial charge < -0.3 is 10.1 Å². The van der Waals surface area contributed by atoms with Crippen LogP contribution >= 0.6 is 0 Å². The van der Waals surface area contributed by atoms with Gasteiger partial charge in [-0.05, 0) is 25.8 Å². The smallest absolute Gasteiger partial charge is 0.346 e. The monoisotopic (exact) mass is 342 g/mol. The van der Waals surface area contributed by atoms with Crippen molar-refractivity contribution < 1.29 is 9.53 Å². The van der Waals surface area contributed by atoms with Crippen LogP contribution in [0.25, 0.3) is 0 Å². The highest BCUT2D eigenvalue weighted by Gasteiger charge is 2.34. The van der Waals surface area contributed by atoms with Crippen LogP contribution < -0.4 is 15.7 Å². The minimum atomic E-state index is -0.505. The Labute approximate surface area is 145 Å². The van der Waals surface area contributed by atoms with Gasteiger partial charge in [0.25, 0.3) is 0 Å². The molecule has 1 aromatic heterocycles. The second-order valence-electron chi connectivity index (χ2n) is 6.94. The van der Waals surface area contributed by atoms with Crippen molar-refractivity contribution in [2.24, 2.45) is 0 Å². The van der Waals surface area contributed by atoms with Crippen LogP contribution in [-0.4, -0.2) is 26.9 Å². The molecule has 1 N–H and O–H groups in total. The lowest BCUT2D eigenvalue weighted by atomic mass is 9.86. The zero-order valence-electron chi connectivity index (χ0n) is 14.3. The standard InChI is InChI=1S/C18H22N4O3/c1-18(9-11-25-14-7-3-2-6-13(14)18)19-16(23)12-22-17(24)21-10-5-4-8-15(21)20-22/h2-3,6-7H,4-5,8-12H2,1H3,(H,19,23). The van der Waals surface area contributed by atoms with Crippen LogP contribution in [0.1, 0.15) is 37.6 Å². The van der Waals surface area contributed by atoms with Gasteiger partial charge in [0.15, 0.2) is 0 Å². The second-order valence-corrected chi connectivity index (χ2v) is 6.94. The molecule has 25 heavy (non-hydrogen) atoms. The molecule has 0 bridgehead atoms. The van der Waals surface area contributed by atoms with E-state index in [1.807, 2.05) is 31.2 Å². The fourth-order valence-corrected chi connectivity index (χ4v) is 3.71. The highest BCUT2D eigenvalue weighted by Crippen LogP contribution is 2.36. The number of nitrogens with one attached hydrogen (secondary N) is 1. The van der Waals surface area contributed by atoms with Gasteiger partial charge in [-0.1, -0.05) is 18.2 Å². The minimum absolute atomic E-state index is 0.0581. The summed E-state index contributed by atoms with van der Waals surface area (Å²) in [6.07, 6.45) is 3.51. The maximum absolute atomic E-state index is 12.6. The summed E-state index contributed by atoms with van der Waals surface area (Å²) in [4.78, 5) is 25.0. The Morgan fingerprint density at radius 2 is 2.20 bits per heavy atom. The summed E-state index contributed by atoms with van der Waals surface area (Å²) in [5, 5.41) is 7.41. The van der Waals surface area contributed by atoms with Crippen molar-refractivity contribution in [3.05, 3.63) is 46.1 Å². The summed E-state index contributed by atoms with van der Waals surface area (Å²) >= 11 is 0. The zero-order valence-corrected chi connectivity index (χ0v) is 14.3. The summed E-state index contributed by atoms with van der Waals surface area (Å²) in [6.45, 7) is 3.18. The van der Waals surface area contributed by atoms with Crippen molar-refractivity contribution in [2.45, 2.75) is 51.2 Å². The van der Waals surface area contributed by atoms with Crippen molar-refractivity contribution in [1.82, 2.24) is 19.7 Å². The molecule has 1 aromatic carbocycles. The average Bonchev–Trinajstić information content (AvgIpc) is 2.91. The number of amides is 1. The lowest BCUT2D eigenvalue weighted by Crippen LogP contribution is -2.48. The molecule has 1 unspecified atom stereocenters. The van der Waals surface area contributed by atoms with E-state index in [0.29, 0.717) is 19.6 Å². The molecule has 0 aliphatic carbocycles. The van der Waals surface area contributed by atoms with Gasteiger partial charge in [0.2, 0.25) is 5.91 Å². The molecule has 3 heterocycles. The predicted molar refractivity (Wildman–Crippen MR) is 91.5 cm³/mol. The molecular formula is C18H22N4O3. The van der Waals surface area contributed by atoms with E-state index in [1.54, 1.807) is 4.57 Å². The summed E-state index contributed by atoms with van der Waals surface area (Å²) in [6, 6.07) is 7.73. The van der Waals surface area contributed by atoms with Gasteiger partial charge in [0.1, 0.15) is 18.1 Å². The topological polar surface area (TPSA) is 78.2 Å². The number of fused-ring (bicyclic) bond motifs is 2. The molecule has 7 heteroatoms. The zero-order chi connectivity index (χ0) is 17.4. The van der Waals surface area contributed by atoms with Crippen molar-refractivity contribution in [3.63, 3.8) is 0 Å². The maximum Gasteiger partial charge on any atom is 0.346 e. The SMILES string of the molecule is CC1(NC(=O)Cn2nc3n(c2=O)CCCC3)CCOc2ccccc21. The van der Waals surface area contributed by atoms with Crippen LogP contribution in [0.4, 0.5) is 0 Å². The van der Waals surface area contributed by atoms with E-state index in [1.165, 1.54) is 4.68 Å². The van der Waals surface area contributed by atoms with Crippen molar-refractivity contribution in [1.29, 1.82) is 0 Å². The van der Waals surface area contributed by atoms with Crippen LogP contribution in [-0.2, 0) is 29.8 Å². The van der Waals surface area contributed by atoms with E-state index >= 15 is 0 Å². The molecule has 1 atom stereocenters. The van der Waals surface area contributed by atoms with E-state index in [4.69, 9.17) is 4.74 Å². The van der Waals surface area contributed by atoms with Gasteiger partial charge in [0.05, 0.1) is 12.1 Å². The van der Waals surface area contributed by atoms with E-state index in [2.05, 4.69) is 10.4 Å². The Bertz CT molecular complexity index is 869. The van der Waals surface area contributed by atoms with Crippen LogP contribution in [0.15, 0.2) is 29.1 Å². The van der Waals surface area contributed by atoms with Gasteiger partial charge in [-0.25, -0.2) is 9.48 Å². The second kappa shape index (κ2) is 6.06. The van der Waals surface area contributed by atoms with Crippen molar-refractivity contribution in [3.8, 4) is 5.75 Å².